The van der Waals surface area contributed by atoms with Crippen LogP contribution in [0.25, 0.3) is 0 Å². The number of nitrogens with one attached hydrogen (secondary N) is 2. The Morgan fingerprint density at radius 3 is 2.59 bits per heavy atom. The van der Waals surface area contributed by atoms with Crippen LogP contribution in [0.3, 0.4) is 0 Å². The van der Waals surface area contributed by atoms with Crippen molar-refractivity contribution in [1.82, 2.24) is 5.32 Å². The summed E-state index contributed by atoms with van der Waals surface area (Å²) < 4.78 is 5.36. The molecule has 0 saturated carbocycles. The molecule has 5 heteroatoms. The Kier molecular flexibility index (Phi) is 5.41. The van der Waals surface area contributed by atoms with Crippen LogP contribution in [-0.4, -0.2) is 31.7 Å². The molecule has 1 heterocycles. The first-order valence-corrected chi connectivity index (χ1v) is 5.43. The van der Waals surface area contributed by atoms with Crippen molar-refractivity contribution in [3.8, 4) is 0 Å². The zero-order valence-electron chi connectivity index (χ0n) is 9.73. The second-order valence-electron chi connectivity index (χ2n) is 4.01. The van der Waals surface area contributed by atoms with Crippen molar-refractivity contribution in [2.24, 2.45) is 0 Å². The summed E-state index contributed by atoms with van der Waals surface area (Å²) in [5.74, 6) is -0.101. The fourth-order valence-electron chi connectivity index (χ4n) is 1.41. The monoisotopic (exact) mass is 256 g/mol. The second-order valence-corrected chi connectivity index (χ2v) is 4.01. The third-order valence-corrected chi connectivity index (χ3v) is 2.53. The molecule has 0 spiro atoms. The van der Waals surface area contributed by atoms with E-state index in [1.165, 1.54) is 5.56 Å². The molecule has 1 aliphatic rings. The molecule has 1 aromatic carbocycles. The molecular weight excluding hydrogens is 240 g/mol. The van der Waals surface area contributed by atoms with Crippen molar-refractivity contribution in [1.29, 1.82) is 0 Å². The number of hydrogen-bond acceptors (Lipinski definition) is 3. The van der Waals surface area contributed by atoms with Crippen LogP contribution in [0, 0.1) is 6.92 Å². The van der Waals surface area contributed by atoms with Gasteiger partial charge in [-0.2, -0.15) is 0 Å². The summed E-state index contributed by atoms with van der Waals surface area (Å²) in [4.78, 5) is 11.5. The number of halogens is 1. The maximum absolute atomic E-state index is 11.5. The molecule has 1 amide bonds. The number of benzene rings is 1. The number of rotatable bonds is 4. The van der Waals surface area contributed by atoms with E-state index in [4.69, 9.17) is 4.74 Å². The molecule has 0 radical (unpaired) electrons. The summed E-state index contributed by atoms with van der Waals surface area (Å²) in [7, 11) is 0. The van der Waals surface area contributed by atoms with Crippen LogP contribution in [0.4, 0.5) is 5.69 Å². The third kappa shape index (κ3) is 4.34. The Balaban J connectivity index is 0.00000144. The first-order chi connectivity index (χ1) is 7.74. The zero-order chi connectivity index (χ0) is 11.4. The standard InChI is InChI=1S/C12H16N2O2.ClH/c1-9-2-4-10(5-3-9)14-12(15)8-16-11-6-13-7-11;/h2-5,11,13H,6-8H2,1H3,(H,14,15);1H. The zero-order valence-corrected chi connectivity index (χ0v) is 10.5. The van der Waals surface area contributed by atoms with Crippen molar-refractivity contribution < 1.29 is 9.53 Å². The molecule has 1 aliphatic heterocycles. The fourth-order valence-corrected chi connectivity index (χ4v) is 1.41. The molecule has 94 valence electrons. The lowest BCUT2D eigenvalue weighted by Crippen LogP contribution is -2.49. The van der Waals surface area contributed by atoms with Gasteiger partial charge in [0.1, 0.15) is 6.61 Å². The predicted molar refractivity (Wildman–Crippen MR) is 69.7 cm³/mol. The normalized spacial score (nSPS) is 14.6. The average Bonchev–Trinajstić information content (AvgIpc) is 2.19. The van der Waals surface area contributed by atoms with E-state index in [1.807, 2.05) is 31.2 Å². The molecule has 0 aromatic heterocycles. The van der Waals surface area contributed by atoms with Crippen molar-refractivity contribution in [3.63, 3.8) is 0 Å². The summed E-state index contributed by atoms with van der Waals surface area (Å²) in [6, 6.07) is 7.70. The number of aryl methyl sites for hydroxylation is 1. The molecule has 17 heavy (non-hydrogen) atoms. The van der Waals surface area contributed by atoms with E-state index < -0.39 is 0 Å². The van der Waals surface area contributed by atoms with Gasteiger partial charge >= 0.3 is 0 Å². The molecule has 0 unspecified atom stereocenters. The molecule has 0 atom stereocenters. The fraction of sp³-hybridized carbons (Fsp3) is 0.417. The Bertz CT molecular complexity index is 363. The van der Waals surface area contributed by atoms with E-state index in [0.29, 0.717) is 0 Å². The van der Waals surface area contributed by atoms with Gasteiger partial charge in [0.15, 0.2) is 0 Å². The van der Waals surface area contributed by atoms with Gasteiger partial charge in [-0.15, -0.1) is 12.4 Å². The molecule has 0 bridgehead atoms. The molecule has 1 fully saturated rings. The molecule has 2 rings (SSSR count). The molecular formula is C12H17ClN2O2. The van der Waals surface area contributed by atoms with E-state index in [2.05, 4.69) is 10.6 Å². The summed E-state index contributed by atoms with van der Waals surface area (Å²) in [5.41, 5.74) is 1.99. The number of hydrogen-bond donors (Lipinski definition) is 2. The van der Waals surface area contributed by atoms with E-state index in [0.717, 1.165) is 18.8 Å². The van der Waals surface area contributed by atoms with Gasteiger partial charge in [0.05, 0.1) is 6.10 Å². The van der Waals surface area contributed by atoms with Crippen LogP contribution >= 0.6 is 12.4 Å². The molecule has 1 saturated heterocycles. The Morgan fingerprint density at radius 2 is 2.06 bits per heavy atom. The van der Waals surface area contributed by atoms with Gasteiger partial charge in [0.2, 0.25) is 5.91 Å². The molecule has 2 N–H and O–H groups in total. The number of ether oxygens (including phenoxy) is 1. The van der Waals surface area contributed by atoms with Gasteiger partial charge in [-0.05, 0) is 19.1 Å². The van der Waals surface area contributed by atoms with Gasteiger partial charge in [-0.25, -0.2) is 0 Å². The van der Waals surface area contributed by atoms with Gasteiger partial charge in [0, 0.05) is 18.8 Å². The lowest BCUT2D eigenvalue weighted by atomic mass is 10.2. The van der Waals surface area contributed by atoms with E-state index >= 15 is 0 Å². The smallest absolute Gasteiger partial charge is 0.250 e. The first-order valence-electron chi connectivity index (χ1n) is 5.43. The lowest BCUT2D eigenvalue weighted by molar-refractivity contribution is -0.123. The highest BCUT2D eigenvalue weighted by atomic mass is 35.5. The molecule has 0 aliphatic carbocycles. The maximum atomic E-state index is 11.5. The Labute approximate surface area is 107 Å². The summed E-state index contributed by atoms with van der Waals surface area (Å²) in [6.07, 6.45) is 0.198. The van der Waals surface area contributed by atoms with E-state index in [9.17, 15) is 4.79 Å². The van der Waals surface area contributed by atoms with E-state index in [-0.39, 0.29) is 31.0 Å². The highest BCUT2D eigenvalue weighted by molar-refractivity contribution is 5.91. The van der Waals surface area contributed by atoms with Crippen molar-refractivity contribution in [3.05, 3.63) is 29.8 Å². The van der Waals surface area contributed by atoms with Gasteiger partial charge in [0.25, 0.3) is 0 Å². The van der Waals surface area contributed by atoms with Crippen LogP contribution in [-0.2, 0) is 9.53 Å². The Morgan fingerprint density at radius 1 is 1.41 bits per heavy atom. The van der Waals surface area contributed by atoms with E-state index in [1.54, 1.807) is 0 Å². The quantitative estimate of drug-likeness (QED) is 0.855. The minimum absolute atomic E-state index is 0. The summed E-state index contributed by atoms with van der Waals surface area (Å²) in [6.45, 7) is 3.83. The average molecular weight is 257 g/mol. The van der Waals surface area contributed by atoms with Crippen LogP contribution in [0.5, 0.6) is 0 Å². The van der Waals surface area contributed by atoms with Gasteiger partial charge in [-0.3, -0.25) is 4.79 Å². The second kappa shape index (κ2) is 6.59. The van der Waals surface area contributed by atoms with Crippen molar-refractivity contribution >= 4 is 24.0 Å². The lowest BCUT2D eigenvalue weighted by Gasteiger charge is -2.26. The highest BCUT2D eigenvalue weighted by Crippen LogP contribution is 2.08. The first kappa shape index (κ1) is 14.0. The number of amides is 1. The summed E-state index contributed by atoms with van der Waals surface area (Å²) in [5, 5.41) is 5.87. The van der Waals surface area contributed by atoms with Crippen LogP contribution in [0.1, 0.15) is 5.56 Å². The highest BCUT2D eigenvalue weighted by Gasteiger charge is 2.18. The predicted octanol–water partition coefficient (Wildman–Crippen LogP) is 1.34. The molecule has 4 nitrogen and oxygen atoms in total. The maximum Gasteiger partial charge on any atom is 0.250 e. The minimum atomic E-state index is -0.101. The SMILES string of the molecule is Cc1ccc(NC(=O)COC2CNC2)cc1.Cl. The topological polar surface area (TPSA) is 50.4 Å². The van der Waals surface area contributed by atoms with Crippen LogP contribution in [0.15, 0.2) is 24.3 Å². The number of carbonyl (C=O) groups is 1. The summed E-state index contributed by atoms with van der Waals surface area (Å²) >= 11 is 0. The van der Waals surface area contributed by atoms with Gasteiger partial charge < -0.3 is 15.4 Å². The third-order valence-electron chi connectivity index (χ3n) is 2.53. The largest absolute Gasteiger partial charge is 0.366 e. The molecule has 1 aromatic rings. The minimum Gasteiger partial charge on any atom is -0.366 e. The van der Waals surface area contributed by atoms with Crippen LogP contribution < -0.4 is 10.6 Å². The van der Waals surface area contributed by atoms with Crippen molar-refractivity contribution in [2.45, 2.75) is 13.0 Å². The van der Waals surface area contributed by atoms with Crippen LogP contribution in [0.2, 0.25) is 0 Å². The Hall–Kier alpha value is -1.10. The number of carbonyl (C=O) groups excluding carboxylic acids is 1. The number of anilines is 1. The van der Waals surface area contributed by atoms with Crippen molar-refractivity contribution in [2.75, 3.05) is 25.0 Å². The van der Waals surface area contributed by atoms with Gasteiger partial charge in [-0.1, -0.05) is 17.7 Å².